The molecule has 4 nitrogen and oxygen atoms in total. The third-order valence-corrected chi connectivity index (χ3v) is 4.84. The largest absolute Gasteiger partial charge is 0.369 e. The van der Waals surface area contributed by atoms with Gasteiger partial charge >= 0.3 is 0 Å². The van der Waals surface area contributed by atoms with Gasteiger partial charge in [-0.1, -0.05) is 6.42 Å². The van der Waals surface area contributed by atoms with Crippen LogP contribution in [0.15, 0.2) is 24.3 Å². The molecule has 0 bridgehead atoms. The fraction of sp³-hybridized carbons (Fsp3) is 0.471. The molecule has 1 aromatic carbocycles. The standard InChI is InChI=1S/C17H21FN4/c1-21-11-3-2-4-15(21)16-14-9-10-19-17(14)22(20-16)13-7-5-12(18)6-8-13/h5-8,15,19H,2-4,9-11H2,1H3. The van der Waals surface area contributed by atoms with Crippen LogP contribution in [0.4, 0.5) is 10.2 Å². The van der Waals surface area contributed by atoms with Crippen molar-refractivity contribution in [2.45, 2.75) is 31.7 Å². The topological polar surface area (TPSA) is 33.1 Å². The summed E-state index contributed by atoms with van der Waals surface area (Å²) < 4.78 is 15.1. The number of nitrogens with zero attached hydrogens (tertiary/aromatic N) is 3. The van der Waals surface area contributed by atoms with Gasteiger partial charge in [-0.25, -0.2) is 9.07 Å². The second-order valence-corrected chi connectivity index (χ2v) is 6.27. The highest BCUT2D eigenvalue weighted by atomic mass is 19.1. The molecular weight excluding hydrogens is 279 g/mol. The molecule has 1 fully saturated rings. The molecule has 1 saturated heterocycles. The Bertz CT molecular complexity index is 677. The van der Waals surface area contributed by atoms with Crippen LogP contribution in [0.25, 0.3) is 5.69 Å². The highest BCUT2D eigenvalue weighted by Crippen LogP contribution is 2.37. The lowest BCUT2D eigenvalue weighted by atomic mass is 9.97. The van der Waals surface area contributed by atoms with Crippen molar-refractivity contribution >= 4 is 5.82 Å². The van der Waals surface area contributed by atoms with E-state index in [0.717, 1.165) is 31.0 Å². The van der Waals surface area contributed by atoms with Crippen LogP contribution < -0.4 is 5.32 Å². The Morgan fingerprint density at radius 3 is 2.82 bits per heavy atom. The average molecular weight is 300 g/mol. The van der Waals surface area contributed by atoms with E-state index in [2.05, 4.69) is 17.3 Å². The van der Waals surface area contributed by atoms with Crippen LogP contribution in [0, 0.1) is 5.82 Å². The molecule has 5 heteroatoms. The van der Waals surface area contributed by atoms with Gasteiger partial charge in [0.25, 0.3) is 0 Å². The van der Waals surface area contributed by atoms with E-state index < -0.39 is 0 Å². The van der Waals surface area contributed by atoms with Gasteiger partial charge < -0.3 is 5.32 Å². The highest BCUT2D eigenvalue weighted by molar-refractivity contribution is 5.57. The number of aromatic nitrogens is 2. The lowest BCUT2D eigenvalue weighted by molar-refractivity contribution is 0.182. The normalized spacial score (nSPS) is 21.6. The molecule has 0 saturated carbocycles. The molecule has 1 atom stereocenters. The summed E-state index contributed by atoms with van der Waals surface area (Å²) >= 11 is 0. The van der Waals surface area contributed by atoms with Crippen LogP contribution in [-0.2, 0) is 6.42 Å². The van der Waals surface area contributed by atoms with Gasteiger partial charge in [0, 0.05) is 12.1 Å². The van der Waals surface area contributed by atoms with Crippen LogP contribution in [0.2, 0.25) is 0 Å². The van der Waals surface area contributed by atoms with Crippen molar-refractivity contribution in [1.29, 1.82) is 0 Å². The van der Waals surface area contributed by atoms with E-state index in [1.54, 1.807) is 12.1 Å². The van der Waals surface area contributed by atoms with Crippen LogP contribution in [0.1, 0.15) is 36.6 Å². The first-order valence-corrected chi connectivity index (χ1v) is 8.06. The molecule has 2 aromatic rings. The van der Waals surface area contributed by atoms with Gasteiger partial charge in [0.05, 0.1) is 17.4 Å². The van der Waals surface area contributed by atoms with E-state index >= 15 is 0 Å². The zero-order valence-corrected chi connectivity index (χ0v) is 12.8. The number of nitrogens with one attached hydrogen (secondary N) is 1. The Kier molecular flexibility index (Phi) is 3.37. The van der Waals surface area contributed by atoms with E-state index in [1.165, 1.54) is 42.7 Å². The first kappa shape index (κ1) is 13.8. The second-order valence-electron chi connectivity index (χ2n) is 6.27. The Labute approximate surface area is 129 Å². The van der Waals surface area contributed by atoms with Crippen LogP contribution >= 0.6 is 0 Å². The number of hydrogen-bond acceptors (Lipinski definition) is 3. The molecule has 1 unspecified atom stereocenters. The summed E-state index contributed by atoms with van der Waals surface area (Å²) in [5.74, 6) is 0.869. The van der Waals surface area contributed by atoms with E-state index in [1.807, 2.05) is 4.68 Å². The molecular formula is C17H21FN4. The molecule has 116 valence electrons. The number of benzene rings is 1. The molecule has 1 N–H and O–H groups in total. The van der Waals surface area contributed by atoms with Crippen molar-refractivity contribution in [2.75, 3.05) is 25.5 Å². The molecule has 22 heavy (non-hydrogen) atoms. The minimum atomic E-state index is -0.215. The maximum absolute atomic E-state index is 13.2. The van der Waals surface area contributed by atoms with Crippen LogP contribution in [0.3, 0.4) is 0 Å². The summed E-state index contributed by atoms with van der Waals surface area (Å²) in [6, 6.07) is 6.97. The monoisotopic (exact) mass is 300 g/mol. The maximum atomic E-state index is 13.2. The fourth-order valence-electron chi connectivity index (χ4n) is 3.66. The summed E-state index contributed by atoms with van der Waals surface area (Å²) in [6.45, 7) is 2.09. The lowest BCUT2D eigenvalue weighted by Crippen LogP contribution is -2.30. The van der Waals surface area contributed by atoms with Crippen molar-refractivity contribution < 1.29 is 4.39 Å². The van der Waals surface area contributed by atoms with Crippen LogP contribution in [0.5, 0.6) is 0 Å². The zero-order valence-electron chi connectivity index (χ0n) is 12.8. The number of rotatable bonds is 2. The van der Waals surface area contributed by atoms with Crippen molar-refractivity contribution in [3.63, 3.8) is 0 Å². The predicted molar refractivity (Wildman–Crippen MR) is 84.9 cm³/mol. The fourth-order valence-corrected chi connectivity index (χ4v) is 3.66. The van der Waals surface area contributed by atoms with Gasteiger partial charge in [-0.15, -0.1) is 0 Å². The predicted octanol–water partition coefficient (Wildman–Crippen LogP) is 3.14. The smallest absolute Gasteiger partial charge is 0.133 e. The number of anilines is 1. The molecule has 3 heterocycles. The molecule has 2 aliphatic heterocycles. The SMILES string of the molecule is CN1CCCCC1c1nn(-c2ccc(F)cc2)c2c1CCN2. The average Bonchev–Trinajstić information content (AvgIpc) is 3.11. The summed E-state index contributed by atoms with van der Waals surface area (Å²) in [5.41, 5.74) is 3.45. The van der Waals surface area contributed by atoms with Gasteiger partial charge in [0.2, 0.25) is 0 Å². The van der Waals surface area contributed by atoms with E-state index in [9.17, 15) is 4.39 Å². The first-order valence-electron chi connectivity index (χ1n) is 8.06. The number of halogens is 1. The zero-order chi connectivity index (χ0) is 15.1. The lowest BCUT2D eigenvalue weighted by Gasteiger charge is -2.31. The highest BCUT2D eigenvalue weighted by Gasteiger charge is 2.31. The Balaban J connectivity index is 1.78. The van der Waals surface area contributed by atoms with Gasteiger partial charge in [-0.3, -0.25) is 4.90 Å². The van der Waals surface area contributed by atoms with Gasteiger partial charge in [0.15, 0.2) is 0 Å². The molecule has 2 aliphatic rings. The minimum absolute atomic E-state index is 0.215. The quantitative estimate of drug-likeness (QED) is 0.925. The number of hydrogen-bond donors (Lipinski definition) is 1. The van der Waals surface area contributed by atoms with E-state index in [4.69, 9.17) is 5.10 Å². The van der Waals surface area contributed by atoms with E-state index in [0.29, 0.717) is 6.04 Å². The van der Waals surface area contributed by atoms with Crippen LogP contribution in [-0.4, -0.2) is 34.8 Å². The third kappa shape index (κ3) is 2.20. The molecule has 0 aliphatic carbocycles. The first-order chi connectivity index (χ1) is 10.7. The number of likely N-dealkylation sites (tertiary alicyclic amines) is 1. The van der Waals surface area contributed by atoms with Crippen molar-refractivity contribution in [1.82, 2.24) is 14.7 Å². The van der Waals surface area contributed by atoms with Crippen molar-refractivity contribution in [2.24, 2.45) is 0 Å². The Morgan fingerprint density at radius 1 is 1.23 bits per heavy atom. The van der Waals surface area contributed by atoms with Gasteiger partial charge in [-0.05, 0) is 57.1 Å². The van der Waals surface area contributed by atoms with E-state index in [-0.39, 0.29) is 5.82 Å². The number of fused-ring (bicyclic) bond motifs is 1. The van der Waals surface area contributed by atoms with Gasteiger partial charge in [-0.2, -0.15) is 5.10 Å². The minimum Gasteiger partial charge on any atom is -0.369 e. The Hall–Kier alpha value is -1.88. The summed E-state index contributed by atoms with van der Waals surface area (Å²) in [5, 5.41) is 8.34. The van der Waals surface area contributed by atoms with Gasteiger partial charge in [0.1, 0.15) is 11.6 Å². The maximum Gasteiger partial charge on any atom is 0.133 e. The summed E-state index contributed by atoms with van der Waals surface area (Å²) in [6.07, 6.45) is 4.73. The molecule has 0 spiro atoms. The summed E-state index contributed by atoms with van der Waals surface area (Å²) in [4.78, 5) is 2.42. The molecule has 0 amide bonds. The summed E-state index contributed by atoms with van der Waals surface area (Å²) in [7, 11) is 2.19. The van der Waals surface area contributed by atoms with Crippen molar-refractivity contribution in [3.8, 4) is 5.69 Å². The molecule has 0 radical (unpaired) electrons. The number of piperidine rings is 1. The molecule has 1 aromatic heterocycles. The molecule has 4 rings (SSSR count). The second kappa shape index (κ2) is 5.39. The Morgan fingerprint density at radius 2 is 2.05 bits per heavy atom. The van der Waals surface area contributed by atoms with Crippen molar-refractivity contribution in [3.05, 3.63) is 41.3 Å². The third-order valence-electron chi connectivity index (χ3n) is 4.84.